The standard InChI is InChI=1S/C15H24N2OS/c1-9-3-6-14(19-9)15(10(2)16)17-11-4-5-12(17)8-13(18)7-11/h3,6,10-13,15,18H,4-5,7-8,16H2,1-2H3. The fraction of sp³-hybridized carbons (Fsp3) is 0.733. The van der Waals surface area contributed by atoms with Gasteiger partial charge in [0.1, 0.15) is 0 Å². The van der Waals surface area contributed by atoms with Crippen molar-refractivity contribution in [1.82, 2.24) is 4.90 Å². The number of hydrogen-bond acceptors (Lipinski definition) is 4. The van der Waals surface area contributed by atoms with Gasteiger partial charge >= 0.3 is 0 Å². The van der Waals surface area contributed by atoms with Gasteiger partial charge in [-0.05, 0) is 51.7 Å². The van der Waals surface area contributed by atoms with E-state index >= 15 is 0 Å². The maximum atomic E-state index is 9.95. The Morgan fingerprint density at radius 3 is 2.42 bits per heavy atom. The zero-order chi connectivity index (χ0) is 13.6. The van der Waals surface area contributed by atoms with Crippen LogP contribution < -0.4 is 5.73 Å². The molecule has 3 heterocycles. The molecular weight excluding hydrogens is 256 g/mol. The van der Waals surface area contributed by atoms with Crippen molar-refractivity contribution in [2.75, 3.05) is 0 Å². The Kier molecular flexibility index (Phi) is 3.69. The third-order valence-electron chi connectivity index (χ3n) is 4.64. The van der Waals surface area contributed by atoms with E-state index in [-0.39, 0.29) is 12.1 Å². The second kappa shape index (κ2) is 5.17. The van der Waals surface area contributed by atoms with Crippen LogP contribution in [0.2, 0.25) is 0 Å². The second-order valence-electron chi connectivity index (χ2n) is 6.21. The number of hydrogen-bond donors (Lipinski definition) is 2. The maximum Gasteiger partial charge on any atom is 0.0595 e. The molecule has 2 aliphatic rings. The minimum absolute atomic E-state index is 0.104. The molecule has 0 aliphatic carbocycles. The van der Waals surface area contributed by atoms with Crippen LogP contribution in [-0.4, -0.2) is 34.2 Å². The largest absolute Gasteiger partial charge is 0.393 e. The zero-order valence-electron chi connectivity index (χ0n) is 11.7. The normalized spacial score (nSPS) is 34.4. The van der Waals surface area contributed by atoms with E-state index in [0.29, 0.717) is 18.1 Å². The van der Waals surface area contributed by atoms with E-state index in [0.717, 1.165) is 12.8 Å². The van der Waals surface area contributed by atoms with Gasteiger partial charge in [0.25, 0.3) is 0 Å². The smallest absolute Gasteiger partial charge is 0.0595 e. The number of piperidine rings is 1. The first kappa shape index (κ1) is 13.6. The average Bonchev–Trinajstić information content (AvgIpc) is 2.84. The summed E-state index contributed by atoms with van der Waals surface area (Å²) in [7, 11) is 0. The number of aliphatic hydroxyl groups is 1. The number of nitrogens with zero attached hydrogens (tertiary/aromatic N) is 1. The first-order valence-corrected chi connectivity index (χ1v) is 8.15. The van der Waals surface area contributed by atoms with Crippen LogP contribution in [0.1, 0.15) is 48.4 Å². The lowest BCUT2D eigenvalue weighted by atomic mass is 9.95. The minimum atomic E-state index is -0.104. The monoisotopic (exact) mass is 280 g/mol. The lowest BCUT2D eigenvalue weighted by molar-refractivity contribution is 0.00505. The van der Waals surface area contributed by atoms with Gasteiger partial charge in [-0.2, -0.15) is 0 Å². The molecule has 1 aromatic heterocycles. The van der Waals surface area contributed by atoms with Crippen molar-refractivity contribution in [1.29, 1.82) is 0 Å². The number of rotatable bonds is 3. The van der Waals surface area contributed by atoms with E-state index in [2.05, 4.69) is 30.9 Å². The molecule has 2 aliphatic heterocycles. The molecule has 2 bridgehead atoms. The van der Waals surface area contributed by atoms with Crippen LogP contribution in [0.5, 0.6) is 0 Å². The molecule has 3 nitrogen and oxygen atoms in total. The van der Waals surface area contributed by atoms with E-state index in [1.807, 2.05) is 11.3 Å². The number of fused-ring (bicyclic) bond motifs is 2. The first-order chi connectivity index (χ1) is 9.06. The van der Waals surface area contributed by atoms with Gasteiger partial charge < -0.3 is 10.8 Å². The molecule has 3 N–H and O–H groups in total. The molecule has 4 heteroatoms. The molecule has 1 aromatic rings. The van der Waals surface area contributed by atoms with Gasteiger partial charge in [0.05, 0.1) is 12.1 Å². The van der Waals surface area contributed by atoms with Crippen LogP contribution >= 0.6 is 11.3 Å². The van der Waals surface area contributed by atoms with Crippen LogP contribution in [0, 0.1) is 6.92 Å². The van der Waals surface area contributed by atoms with E-state index in [4.69, 9.17) is 5.73 Å². The molecule has 0 spiro atoms. The van der Waals surface area contributed by atoms with Crippen LogP contribution in [-0.2, 0) is 0 Å². The van der Waals surface area contributed by atoms with E-state index in [1.165, 1.54) is 22.6 Å². The van der Waals surface area contributed by atoms with E-state index in [9.17, 15) is 5.11 Å². The summed E-state index contributed by atoms with van der Waals surface area (Å²) in [4.78, 5) is 5.36. The van der Waals surface area contributed by atoms with Crippen LogP contribution in [0.25, 0.3) is 0 Å². The number of aryl methyl sites for hydroxylation is 1. The van der Waals surface area contributed by atoms with Crippen LogP contribution in [0.4, 0.5) is 0 Å². The van der Waals surface area contributed by atoms with Crippen molar-refractivity contribution in [3.8, 4) is 0 Å². The molecular formula is C15H24N2OS. The summed E-state index contributed by atoms with van der Waals surface area (Å²) in [5.74, 6) is 0. The third kappa shape index (κ3) is 2.47. The van der Waals surface area contributed by atoms with Crippen LogP contribution in [0.3, 0.4) is 0 Å². The van der Waals surface area contributed by atoms with Crippen molar-refractivity contribution in [2.24, 2.45) is 5.73 Å². The molecule has 2 saturated heterocycles. The number of aliphatic hydroxyl groups excluding tert-OH is 1. The van der Waals surface area contributed by atoms with Crippen LogP contribution in [0.15, 0.2) is 12.1 Å². The van der Waals surface area contributed by atoms with Crippen molar-refractivity contribution < 1.29 is 5.11 Å². The minimum Gasteiger partial charge on any atom is -0.393 e. The van der Waals surface area contributed by atoms with Gasteiger partial charge in [-0.3, -0.25) is 4.90 Å². The predicted octanol–water partition coefficient (Wildman–Crippen LogP) is 2.43. The number of nitrogens with two attached hydrogens (primary N) is 1. The van der Waals surface area contributed by atoms with Gasteiger partial charge in [-0.15, -0.1) is 11.3 Å². The third-order valence-corrected chi connectivity index (χ3v) is 5.71. The molecule has 4 unspecified atom stereocenters. The van der Waals surface area contributed by atoms with Crippen molar-refractivity contribution in [3.05, 3.63) is 21.9 Å². The molecule has 0 radical (unpaired) electrons. The molecule has 4 atom stereocenters. The molecule has 106 valence electrons. The fourth-order valence-corrected chi connectivity index (χ4v) is 5.03. The highest BCUT2D eigenvalue weighted by Crippen LogP contribution is 2.43. The zero-order valence-corrected chi connectivity index (χ0v) is 12.6. The molecule has 0 saturated carbocycles. The number of thiophene rings is 1. The summed E-state index contributed by atoms with van der Waals surface area (Å²) >= 11 is 1.87. The average molecular weight is 280 g/mol. The Balaban J connectivity index is 1.89. The quantitative estimate of drug-likeness (QED) is 0.894. The highest BCUT2D eigenvalue weighted by molar-refractivity contribution is 7.12. The molecule has 0 aromatic carbocycles. The summed E-state index contributed by atoms with van der Waals surface area (Å²) in [6.45, 7) is 4.27. The SMILES string of the molecule is Cc1ccc(C(C(C)N)N2C3CCC2CC(O)C3)s1. The summed E-state index contributed by atoms with van der Waals surface area (Å²) < 4.78 is 0. The van der Waals surface area contributed by atoms with Crippen molar-refractivity contribution in [2.45, 2.75) is 69.8 Å². The molecule has 3 rings (SSSR count). The first-order valence-electron chi connectivity index (χ1n) is 7.33. The Hall–Kier alpha value is -0.420. The summed E-state index contributed by atoms with van der Waals surface area (Å²) in [5.41, 5.74) is 6.30. The Morgan fingerprint density at radius 1 is 1.32 bits per heavy atom. The highest BCUT2D eigenvalue weighted by atomic mass is 32.1. The molecule has 0 amide bonds. The van der Waals surface area contributed by atoms with E-state index < -0.39 is 0 Å². The van der Waals surface area contributed by atoms with Crippen molar-refractivity contribution >= 4 is 11.3 Å². The van der Waals surface area contributed by atoms with Gasteiger partial charge in [-0.1, -0.05) is 0 Å². The van der Waals surface area contributed by atoms with E-state index in [1.54, 1.807) is 0 Å². The lowest BCUT2D eigenvalue weighted by Gasteiger charge is -2.43. The Bertz CT molecular complexity index is 431. The second-order valence-corrected chi connectivity index (χ2v) is 7.53. The summed E-state index contributed by atoms with van der Waals surface area (Å²) in [6, 6.07) is 5.92. The maximum absolute atomic E-state index is 9.95. The van der Waals surface area contributed by atoms with Gasteiger partial charge in [0.15, 0.2) is 0 Å². The van der Waals surface area contributed by atoms with Gasteiger partial charge in [-0.25, -0.2) is 0 Å². The van der Waals surface area contributed by atoms with Gasteiger partial charge in [0, 0.05) is 27.9 Å². The highest BCUT2D eigenvalue weighted by Gasteiger charge is 2.45. The summed E-state index contributed by atoms with van der Waals surface area (Å²) in [5, 5.41) is 9.95. The summed E-state index contributed by atoms with van der Waals surface area (Å²) in [6.07, 6.45) is 4.17. The predicted molar refractivity (Wildman–Crippen MR) is 79.3 cm³/mol. The van der Waals surface area contributed by atoms with Crippen molar-refractivity contribution in [3.63, 3.8) is 0 Å². The topological polar surface area (TPSA) is 49.5 Å². The Morgan fingerprint density at radius 2 is 1.95 bits per heavy atom. The Labute approximate surface area is 119 Å². The molecule has 19 heavy (non-hydrogen) atoms. The fourth-order valence-electron chi connectivity index (χ4n) is 3.93. The van der Waals surface area contributed by atoms with Gasteiger partial charge in [0.2, 0.25) is 0 Å². The molecule has 2 fully saturated rings. The lowest BCUT2D eigenvalue weighted by Crippen LogP contribution is -2.50.